The summed E-state index contributed by atoms with van der Waals surface area (Å²) in [5.41, 5.74) is 2.27. The molecule has 0 radical (unpaired) electrons. The topological polar surface area (TPSA) is 38.0 Å². The number of rotatable bonds is 3. The largest absolute Gasteiger partial charge is 0.507 e. The van der Waals surface area contributed by atoms with Gasteiger partial charge < -0.3 is 9.67 Å². The SMILES string of the molecule is CCCn1c(-c2cc(F)ccc2O)nc2ccccc21. The molecule has 0 amide bonds. The molecule has 0 spiro atoms. The Labute approximate surface area is 116 Å². The van der Waals surface area contributed by atoms with Crippen molar-refractivity contribution in [3.63, 3.8) is 0 Å². The van der Waals surface area contributed by atoms with Crippen LogP contribution >= 0.6 is 0 Å². The van der Waals surface area contributed by atoms with Crippen LogP contribution in [0.25, 0.3) is 22.4 Å². The molecule has 0 atom stereocenters. The number of hydrogen-bond donors (Lipinski definition) is 1. The molecule has 0 bridgehead atoms. The van der Waals surface area contributed by atoms with E-state index < -0.39 is 0 Å². The predicted molar refractivity (Wildman–Crippen MR) is 77.1 cm³/mol. The molecule has 20 heavy (non-hydrogen) atoms. The Hall–Kier alpha value is -2.36. The van der Waals surface area contributed by atoms with Crippen molar-refractivity contribution >= 4 is 11.0 Å². The fourth-order valence-electron chi connectivity index (χ4n) is 2.42. The van der Waals surface area contributed by atoms with E-state index in [1.54, 1.807) is 0 Å². The Kier molecular flexibility index (Phi) is 3.14. The molecule has 1 aromatic heterocycles. The highest BCUT2D eigenvalue weighted by molar-refractivity contribution is 5.81. The summed E-state index contributed by atoms with van der Waals surface area (Å²) < 4.78 is 15.5. The summed E-state index contributed by atoms with van der Waals surface area (Å²) in [5, 5.41) is 9.99. The number of phenolic OH excluding ortho intramolecular Hbond substituents is 1. The van der Waals surface area contributed by atoms with E-state index in [-0.39, 0.29) is 11.6 Å². The number of aromatic hydroxyl groups is 1. The summed E-state index contributed by atoms with van der Waals surface area (Å²) in [6.45, 7) is 2.84. The van der Waals surface area contributed by atoms with Gasteiger partial charge in [0.15, 0.2) is 0 Å². The number of aromatic nitrogens is 2. The Morgan fingerprint density at radius 2 is 2.00 bits per heavy atom. The van der Waals surface area contributed by atoms with Crippen molar-refractivity contribution in [1.29, 1.82) is 0 Å². The van der Waals surface area contributed by atoms with Crippen LogP contribution in [0.4, 0.5) is 4.39 Å². The number of aryl methyl sites for hydroxylation is 1. The number of para-hydroxylation sites is 2. The molecule has 3 rings (SSSR count). The Morgan fingerprint density at radius 3 is 2.80 bits per heavy atom. The molecule has 0 fully saturated rings. The normalized spacial score (nSPS) is 11.1. The van der Waals surface area contributed by atoms with Crippen LogP contribution in [0.5, 0.6) is 5.75 Å². The highest BCUT2D eigenvalue weighted by Crippen LogP contribution is 2.31. The van der Waals surface area contributed by atoms with Crippen molar-refractivity contribution < 1.29 is 9.50 Å². The van der Waals surface area contributed by atoms with Crippen LogP contribution in [-0.4, -0.2) is 14.7 Å². The quantitative estimate of drug-likeness (QED) is 0.782. The van der Waals surface area contributed by atoms with Gasteiger partial charge in [-0.25, -0.2) is 9.37 Å². The molecule has 0 saturated carbocycles. The molecule has 0 aliphatic heterocycles. The molecule has 2 aromatic carbocycles. The van der Waals surface area contributed by atoms with Gasteiger partial charge >= 0.3 is 0 Å². The van der Waals surface area contributed by atoms with Gasteiger partial charge in [0.1, 0.15) is 17.4 Å². The van der Waals surface area contributed by atoms with Gasteiger partial charge in [0.2, 0.25) is 0 Å². The van der Waals surface area contributed by atoms with Crippen LogP contribution in [-0.2, 0) is 6.54 Å². The van der Waals surface area contributed by atoms with E-state index in [2.05, 4.69) is 11.9 Å². The zero-order valence-electron chi connectivity index (χ0n) is 11.2. The molecule has 4 heteroatoms. The van der Waals surface area contributed by atoms with Crippen LogP contribution in [0.3, 0.4) is 0 Å². The van der Waals surface area contributed by atoms with Gasteiger partial charge in [0.25, 0.3) is 0 Å². The minimum absolute atomic E-state index is 0.0408. The Balaban J connectivity index is 2.29. The number of imidazole rings is 1. The van der Waals surface area contributed by atoms with Crippen molar-refractivity contribution in [2.24, 2.45) is 0 Å². The molecular weight excluding hydrogens is 255 g/mol. The second kappa shape index (κ2) is 4.96. The second-order valence-corrected chi connectivity index (χ2v) is 4.74. The zero-order chi connectivity index (χ0) is 14.1. The number of nitrogens with zero attached hydrogens (tertiary/aromatic N) is 2. The summed E-state index contributed by atoms with van der Waals surface area (Å²) >= 11 is 0. The zero-order valence-corrected chi connectivity index (χ0v) is 11.2. The number of fused-ring (bicyclic) bond motifs is 1. The molecule has 1 heterocycles. The van der Waals surface area contributed by atoms with E-state index in [1.807, 2.05) is 28.8 Å². The summed E-state index contributed by atoms with van der Waals surface area (Å²) in [5.74, 6) is 0.261. The highest BCUT2D eigenvalue weighted by atomic mass is 19.1. The first-order chi connectivity index (χ1) is 9.70. The van der Waals surface area contributed by atoms with Crippen LogP contribution in [0.2, 0.25) is 0 Å². The fraction of sp³-hybridized carbons (Fsp3) is 0.188. The van der Waals surface area contributed by atoms with E-state index in [0.717, 1.165) is 24.0 Å². The van der Waals surface area contributed by atoms with E-state index in [1.165, 1.54) is 18.2 Å². The standard InChI is InChI=1S/C16H15FN2O/c1-2-9-19-14-6-4-3-5-13(14)18-16(19)12-10-11(17)7-8-15(12)20/h3-8,10,20H,2,9H2,1H3. The molecule has 1 N–H and O–H groups in total. The first-order valence-corrected chi connectivity index (χ1v) is 6.65. The molecule has 0 unspecified atom stereocenters. The highest BCUT2D eigenvalue weighted by Gasteiger charge is 2.15. The lowest BCUT2D eigenvalue weighted by atomic mass is 10.2. The first kappa shape index (κ1) is 12.7. The van der Waals surface area contributed by atoms with Gasteiger partial charge in [0.05, 0.1) is 16.6 Å². The molecule has 0 aliphatic rings. The molecule has 3 nitrogen and oxygen atoms in total. The third-order valence-electron chi connectivity index (χ3n) is 3.30. The van der Waals surface area contributed by atoms with Gasteiger partial charge in [-0.1, -0.05) is 19.1 Å². The molecule has 3 aromatic rings. The number of halogens is 1. The Bertz CT molecular complexity index is 764. The lowest BCUT2D eigenvalue weighted by Gasteiger charge is -2.09. The average Bonchev–Trinajstić information content (AvgIpc) is 2.81. The minimum atomic E-state index is -0.382. The molecular formula is C16H15FN2O. The maximum absolute atomic E-state index is 13.5. The first-order valence-electron chi connectivity index (χ1n) is 6.65. The molecule has 0 aliphatic carbocycles. The van der Waals surface area contributed by atoms with E-state index >= 15 is 0 Å². The van der Waals surface area contributed by atoms with Crippen LogP contribution in [0, 0.1) is 5.82 Å². The summed E-state index contributed by atoms with van der Waals surface area (Å²) in [6, 6.07) is 11.7. The summed E-state index contributed by atoms with van der Waals surface area (Å²) in [7, 11) is 0. The number of hydrogen-bond acceptors (Lipinski definition) is 2. The van der Waals surface area contributed by atoms with E-state index in [4.69, 9.17) is 0 Å². The van der Waals surface area contributed by atoms with Crippen molar-refractivity contribution in [1.82, 2.24) is 9.55 Å². The van der Waals surface area contributed by atoms with Gasteiger partial charge in [-0.05, 0) is 36.8 Å². The lowest BCUT2D eigenvalue weighted by molar-refractivity contribution is 0.474. The second-order valence-electron chi connectivity index (χ2n) is 4.74. The van der Waals surface area contributed by atoms with Crippen molar-refractivity contribution in [3.05, 3.63) is 48.3 Å². The predicted octanol–water partition coefficient (Wildman–Crippen LogP) is 3.96. The van der Waals surface area contributed by atoms with E-state index in [0.29, 0.717) is 11.4 Å². The maximum Gasteiger partial charge on any atom is 0.144 e. The van der Waals surface area contributed by atoms with Crippen LogP contribution in [0.15, 0.2) is 42.5 Å². The van der Waals surface area contributed by atoms with Crippen molar-refractivity contribution in [2.45, 2.75) is 19.9 Å². The smallest absolute Gasteiger partial charge is 0.144 e. The fourth-order valence-corrected chi connectivity index (χ4v) is 2.42. The van der Waals surface area contributed by atoms with Gasteiger partial charge in [-0.15, -0.1) is 0 Å². The van der Waals surface area contributed by atoms with Crippen LogP contribution in [0.1, 0.15) is 13.3 Å². The van der Waals surface area contributed by atoms with Crippen molar-refractivity contribution in [3.8, 4) is 17.1 Å². The number of benzene rings is 2. The summed E-state index contributed by atoms with van der Waals surface area (Å²) in [4.78, 5) is 4.54. The number of phenols is 1. The lowest BCUT2D eigenvalue weighted by Crippen LogP contribution is -2.00. The third-order valence-corrected chi connectivity index (χ3v) is 3.30. The third kappa shape index (κ3) is 2.03. The molecule has 102 valence electrons. The summed E-state index contributed by atoms with van der Waals surface area (Å²) in [6.07, 6.45) is 0.934. The van der Waals surface area contributed by atoms with Gasteiger partial charge in [-0.3, -0.25) is 0 Å². The van der Waals surface area contributed by atoms with Crippen LogP contribution < -0.4 is 0 Å². The van der Waals surface area contributed by atoms with E-state index in [9.17, 15) is 9.50 Å². The minimum Gasteiger partial charge on any atom is -0.507 e. The van der Waals surface area contributed by atoms with Gasteiger partial charge in [-0.2, -0.15) is 0 Å². The van der Waals surface area contributed by atoms with Gasteiger partial charge in [0, 0.05) is 6.54 Å². The Morgan fingerprint density at radius 1 is 1.20 bits per heavy atom. The molecule has 0 saturated heterocycles. The van der Waals surface area contributed by atoms with Crippen molar-refractivity contribution in [2.75, 3.05) is 0 Å². The monoisotopic (exact) mass is 270 g/mol. The maximum atomic E-state index is 13.5. The average molecular weight is 270 g/mol.